The molecule has 0 unspecified atom stereocenters. The fourth-order valence-electron chi connectivity index (χ4n) is 1.63. The van der Waals surface area contributed by atoms with Gasteiger partial charge in [-0.15, -0.1) is 0 Å². The van der Waals surface area contributed by atoms with Crippen molar-refractivity contribution in [3.05, 3.63) is 41.1 Å². The molecule has 0 fully saturated rings. The SMILES string of the molecule is Cc1cnc(N)nc1Nc1ccc(C(F)(F)F)cc1C#N. The lowest BCUT2D eigenvalue weighted by molar-refractivity contribution is -0.137. The summed E-state index contributed by atoms with van der Waals surface area (Å²) in [5.41, 5.74) is 5.29. The van der Waals surface area contributed by atoms with Crippen molar-refractivity contribution in [2.24, 2.45) is 0 Å². The van der Waals surface area contributed by atoms with Crippen LogP contribution in [0.5, 0.6) is 0 Å². The number of anilines is 3. The summed E-state index contributed by atoms with van der Waals surface area (Å²) in [7, 11) is 0. The standard InChI is InChI=1S/C13H10F3N5/c1-7-6-19-12(18)21-11(7)20-10-3-2-9(13(14,15)16)4-8(10)5-17/h2-4,6H,1H3,(H3,18,19,20,21). The minimum atomic E-state index is -4.50. The number of halogens is 3. The summed E-state index contributed by atoms with van der Waals surface area (Å²) >= 11 is 0. The third-order valence-electron chi connectivity index (χ3n) is 2.71. The van der Waals surface area contributed by atoms with E-state index in [0.29, 0.717) is 11.4 Å². The van der Waals surface area contributed by atoms with Crippen LogP contribution in [0.15, 0.2) is 24.4 Å². The summed E-state index contributed by atoms with van der Waals surface area (Å²) in [5.74, 6) is 0.354. The average Bonchev–Trinajstić information content (AvgIpc) is 2.42. The maximum Gasteiger partial charge on any atom is 0.416 e. The Labute approximate surface area is 118 Å². The molecule has 1 heterocycles. The molecule has 0 saturated carbocycles. The minimum Gasteiger partial charge on any atom is -0.368 e. The van der Waals surface area contributed by atoms with Gasteiger partial charge in [0.1, 0.15) is 11.9 Å². The first-order chi connectivity index (χ1) is 9.81. The van der Waals surface area contributed by atoms with E-state index in [9.17, 15) is 13.2 Å². The van der Waals surface area contributed by atoms with Crippen LogP contribution in [0.25, 0.3) is 0 Å². The van der Waals surface area contributed by atoms with E-state index in [4.69, 9.17) is 11.0 Å². The highest BCUT2D eigenvalue weighted by molar-refractivity contribution is 5.67. The zero-order valence-corrected chi connectivity index (χ0v) is 10.9. The molecule has 0 spiro atoms. The fraction of sp³-hybridized carbons (Fsp3) is 0.154. The zero-order valence-electron chi connectivity index (χ0n) is 10.9. The number of benzene rings is 1. The van der Waals surface area contributed by atoms with Crippen molar-refractivity contribution >= 4 is 17.5 Å². The zero-order chi connectivity index (χ0) is 15.6. The molecule has 2 aromatic rings. The molecule has 108 valence electrons. The first kappa shape index (κ1) is 14.6. The molecule has 1 aromatic heterocycles. The van der Waals surface area contributed by atoms with Crippen molar-refractivity contribution in [3.8, 4) is 6.07 Å². The van der Waals surface area contributed by atoms with Gasteiger partial charge in [-0.05, 0) is 25.1 Å². The monoisotopic (exact) mass is 293 g/mol. The van der Waals surface area contributed by atoms with Crippen LogP contribution in [0.4, 0.5) is 30.6 Å². The highest BCUT2D eigenvalue weighted by Gasteiger charge is 2.31. The van der Waals surface area contributed by atoms with Gasteiger partial charge in [0, 0.05) is 11.8 Å². The number of nitrogens with two attached hydrogens (primary N) is 1. The second kappa shape index (κ2) is 5.28. The van der Waals surface area contributed by atoms with Crippen molar-refractivity contribution in [1.29, 1.82) is 5.26 Å². The summed E-state index contributed by atoms with van der Waals surface area (Å²) in [5, 5.41) is 11.8. The van der Waals surface area contributed by atoms with E-state index in [1.54, 1.807) is 13.0 Å². The normalized spacial score (nSPS) is 11.0. The van der Waals surface area contributed by atoms with Crippen LogP contribution in [-0.2, 0) is 6.18 Å². The van der Waals surface area contributed by atoms with E-state index in [1.165, 1.54) is 12.3 Å². The molecule has 0 amide bonds. The number of hydrogen-bond donors (Lipinski definition) is 2. The van der Waals surface area contributed by atoms with E-state index in [2.05, 4.69) is 15.3 Å². The molecule has 0 aliphatic carbocycles. The van der Waals surface area contributed by atoms with Gasteiger partial charge in [-0.2, -0.15) is 23.4 Å². The Morgan fingerprint density at radius 2 is 2.05 bits per heavy atom. The van der Waals surface area contributed by atoms with Crippen molar-refractivity contribution in [1.82, 2.24) is 9.97 Å². The van der Waals surface area contributed by atoms with Crippen LogP contribution in [-0.4, -0.2) is 9.97 Å². The van der Waals surface area contributed by atoms with Gasteiger partial charge in [0.05, 0.1) is 16.8 Å². The van der Waals surface area contributed by atoms with E-state index in [0.717, 1.165) is 12.1 Å². The first-order valence-electron chi connectivity index (χ1n) is 5.78. The van der Waals surface area contributed by atoms with Crippen molar-refractivity contribution < 1.29 is 13.2 Å². The van der Waals surface area contributed by atoms with E-state index in [1.807, 2.05) is 0 Å². The van der Waals surface area contributed by atoms with Gasteiger partial charge in [0.15, 0.2) is 0 Å². The summed E-state index contributed by atoms with van der Waals surface area (Å²) < 4.78 is 37.8. The minimum absolute atomic E-state index is 0.0218. The molecule has 0 saturated heterocycles. The Morgan fingerprint density at radius 3 is 2.67 bits per heavy atom. The first-order valence-corrected chi connectivity index (χ1v) is 5.78. The molecule has 0 aliphatic rings. The molecular formula is C13H10F3N5. The molecule has 0 bridgehead atoms. The molecule has 0 aliphatic heterocycles. The van der Waals surface area contributed by atoms with Gasteiger partial charge >= 0.3 is 6.18 Å². The Kier molecular flexibility index (Phi) is 3.67. The lowest BCUT2D eigenvalue weighted by Crippen LogP contribution is -2.07. The Hall–Kier alpha value is -2.82. The molecule has 3 N–H and O–H groups in total. The molecule has 8 heteroatoms. The molecule has 0 radical (unpaired) electrons. The quantitative estimate of drug-likeness (QED) is 0.888. The van der Waals surface area contributed by atoms with Gasteiger partial charge in [-0.25, -0.2) is 4.98 Å². The van der Waals surface area contributed by atoms with Crippen LogP contribution in [0.1, 0.15) is 16.7 Å². The van der Waals surface area contributed by atoms with Crippen LogP contribution in [0.2, 0.25) is 0 Å². The molecule has 1 aromatic carbocycles. The average molecular weight is 293 g/mol. The fourth-order valence-corrected chi connectivity index (χ4v) is 1.63. The summed E-state index contributed by atoms with van der Waals surface area (Å²) in [6, 6.07) is 4.58. The van der Waals surface area contributed by atoms with Gasteiger partial charge in [-0.1, -0.05) is 0 Å². The Morgan fingerprint density at radius 1 is 1.33 bits per heavy atom. The predicted molar refractivity (Wildman–Crippen MR) is 70.6 cm³/mol. The molecule has 2 rings (SSSR count). The van der Waals surface area contributed by atoms with Gasteiger partial charge in [-0.3, -0.25) is 0 Å². The number of nitriles is 1. The highest BCUT2D eigenvalue weighted by Crippen LogP contribution is 2.32. The summed E-state index contributed by atoms with van der Waals surface area (Å²) in [4.78, 5) is 7.72. The molecule has 21 heavy (non-hydrogen) atoms. The Balaban J connectivity index is 2.41. The number of alkyl halides is 3. The van der Waals surface area contributed by atoms with Crippen molar-refractivity contribution in [3.63, 3.8) is 0 Å². The molecule has 0 atom stereocenters. The van der Waals surface area contributed by atoms with E-state index < -0.39 is 11.7 Å². The second-order valence-electron chi connectivity index (χ2n) is 4.25. The number of aryl methyl sites for hydroxylation is 1. The predicted octanol–water partition coefficient (Wildman–Crippen LogP) is 3.00. The lowest BCUT2D eigenvalue weighted by atomic mass is 10.1. The number of nitrogens with one attached hydrogen (secondary N) is 1. The van der Waals surface area contributed by atoms with Gasteiger partial charge < -0.3 is 11.1 Å². The lowest BCUT2D eigenvalue weighted by Gasteiger charge is -2.12. The number of rotatable bonds is 2. The van der Waals surface area contributed by atoms with Crippen molar-refractivity contribution in [2.75, 3.05) is 11.1 Å². The number of nitrogen functional groups attached to an aromatic ring is 1. The number of hydrogen-bond acceptors (Lipinski definition) is 5. The van der Waals surface area contributed by atoms with Gasteiger partial charge in [0.25, 0.3) is 0 Å². The van der Waals surface area contributed by atoms with Gasteiger partial charge in [0.2, 0.25) is 5.95 Å². The van der Waals surface area contributed by atoms with Crippen LogP contribution < -0.4 is 11.1 Å². The third kappa shape index (κ3) is 3.20. The topological polar surface area (TPSA) is 87.6 Å². The molecule has 5 nitrogen and oxygen atoms in total. The summed E-state index contributed by atoms with van der Waals surface area (Å²) in [6.07, 6.45) is -3.03. The van der Waals surface area contributed by atoms with E-state index >= 15 is 0 Å². The van der Waals surface area contributed by atoms with E-state index in [-0.39, 0.29) is 17.2 Å². The number of aromatic nitrogens is 2. The number of nitrogens with zero attached hydrogens (tertiary/aromatic N) is 3. The van der Waals surface area contributed by atoms with Crippen LogP contribution in [0.3, 0.4) is 0 Å². The Bertz CT molecular complexity index is 719. The third-order valence-corrected chi connectivity index (χ3v) is 2.71. The largest absolute Gasteiger partial charge is 0.416 e. The maximum atomic E-state index is 12.6. The van der Waals surface area contributed by atoms with Crippen LogP contribution >= 0.6 is 0 Å². The smallest absolute Gasteiger partial charge is 0.368 e. The highest BCUT2D eigenvalue weighted by atomic mass is 19.4. The van der Waals surface area contributed by atoms with Crippen LogP contribution in [0, 0.1) is 18.3 Å². The second-order valence-corrected chi connectivity index (χ2v) is 4.25. The summed E-state index contributed by atoms with van der Waals surface area (Å²) in [6.45, 7) is 1.71. The van der Waals surface area contributed by atoms with Crippen molar-refractivity contribution in [2.45, 2.75) is 13.1 Å². The molecular weight excluding hydrogens is 283 g/mol. The maximum absolute atomic E-state index is 12.6.